The minimum Gasteiger partial charge on any atom is -0.309 e. The Bertz CT molecular complexity index is 1890. The van der Waals surface area contributed by atoms with E-state index in [2.05, 4.69) is 108 Å². The van der Waals surface area contributed by atoms with Crippen LogP contribution in [-0.2, 0) is 6.42 Å². The fraction of sp³-hybridized carbons (Fsp3) is 0.0323. The van der Waals surface area contributed by atoms with E-state index in [4.69, 9.17) is 0 Å². The number of nitrogens with zero attached hydrogens (tertiary/aromatic N) is 1. The van der Waals surface area contributed by atoms with Gasteiger partial charge in [-0.15, -0.1) is 11.3 Å². The van der Waals surface area contributed by atoms with Gasteiger partial charge in [-0.2, -0.15) is 0 Å². The minimum absolute atomic E-state index is 1.04. The quantitative estimate of drug-likeness (QED) is 0.242. The Morgan fingerprint density at radius 3 is 2.24 bits per heavy atom. The first-order valence-electron chi connectivity index (χ1n) is 11.4. The number of benzene rings is 5. The molecule has 0 atom stereocenters. The molecule has 1 nitrogen and oxygen atoms in total. The third-order valence-electron chi connectivity index (χ3n) is 7.21. The van der Waals surface area contributed by atoms with Crippen molar-refractivity contribution >= 4 is 53.3 Å². The molecule has 2 heterocycles. The zero-order chi connectivity index (χ0) is 21.5. The second-order valence-corrected chi connectivity index (χ2v) is 9.96. The van der Waals surface area contributed by atoms with Crippen LogP contribution in [0.1, 0.15) is 11.1 Å². The molecule has 0 N–H and O–H groups in total. The molecule has 0 unspecified atom stereocenters. The zero-order valence-electron chi connectivity index (χ0n) is 17.9. The minimum atomic E-state index is 1.04. The van der Waals surface area contributed by atoms with Crippen molar-refractivity contribution in [2.24, 2.45) is 0 Å². The largest absolute Gasteiger partial charge is 0.309 e. The number of thiophene rings is 1. The molecule has 1 aliphatic rings. The summed E-state index contributed by atoms with van der Waals surface area (Å²) in [5.41, 5.74) is 9.51. The topological polar surface area (TPSA) is 4.93 Å². The first-order chi connectivity index (χ1) is 16.4. The van der Waals surface area contributed by atoms with E-state index in [1.54, 1.807) is 0 Å². The molecule has 5 aromatic carbocycles. The molecule has 0 saturated carbocycles. The summed E-state index contributed by atoms with van der Waals surface area (Å²) in [6.07, 6.45) is 1.04. The predicted octanol–water partition coefficient (Wildman–Crippen LogP) is 8.72. The molecular weight excluding hydrogens is 418 g/mol. The van der Waals surface area contributed by atoms with Crippen molar-refractivity contribution in [2.75, 3.05) is 0 Å². The van der Waals surface area contributed by atoms with Crippen LogP contribution in [-0.4, -0.2) is 4.57 Å². The molecule has 154 valence electrons. The van der Waals surface area contributed by atoms with Crippen molar-refractivity contribution in [1.29, 1.82) is 0 Å². The molecule has 2 aromatic heterocycles. The van der Waals surface area contributed by atoms with Crippen molar-refractivity contribution in [3.63, 3.8) is 0 Å². The van der Waals surface area contributed by atoms with Gasteiger partial charge in [-0.25, -0.2) is 0 Å². The molecule has 0 fully saturated rings. The molecule has 0 aliphatic heterocycles. The number of fused-ring (bicyclic) bond motifs is 11. The van der Waals surface area contributed by atoms with Crippen LogP contribution >= 0.6 is 11.3 Å². The smallest absolute Gasteiger partial charge is 0.0555 e. The summed E-state index contributed by atoms with van der Waals surface area (Å²) in [5, 5.41) is 5.44. The molecule has 0 bridgehead atoms. The Morgan fingerprint density at radius 1 is 0.545 bits per heavy atom. The number of rotatable bonds is 1. The van der Waals surface area contributed by atoms with Crippen LogP contribution in [0, 0.1) is 0 Å². The maximum absolute atomic E-state index is 2.41. The van der Waals surface area contributed by atoms with E-state index in [0.29, 0.717) is 0 Å². The van der Waals surface area contributed by atoms with E-state index in [1.807, 2.05) is 11.3 Å². The van der Waals surface area contributed by atoms with Gasteiger partial charge in [0.05, 0.1) is 11.0 Å². The summed E-state index contributed by atoms with van der Waals surface area (Å²) >= 11 is 1.97. The van der Waals surface area contributed by atoms with Gasteiger partial charge in [-0.1, -0.05) is 78.9 Å². The van der Waals surface area contributed by atoms with Crippen LogP contribution in [0.5, 0.6) is 0 Å². The standard InChI is InChI=1S/C31H19NS/c1-2-9-21(10-3-1)32-26-13-7-6-12-25(26)29-27(32)17-16-24-23-15-14-20-18-19-8-4-5-11-22(19)28(20)30(23)33-31(24)29/h1-17H,18H2. The Labute approximate surface area is 195 Å². The average Bonchev–Trinajstić information content (AvgIpc) is 3.53. The van der Waals surface area contributed by atoms with Crippen LogP contribution < -0.4 is 0 Å². The molecule has 0 spiro atoms. The third kappa shape index (κ3) is 2.26. The van der Waals surface area contributed by atoms with Gasteiger partial charge in [0, 0.05) is 42.2 Å². The summed E-state index contributed by atoms with van der Waals surface area (Å²) in [6.45, 7) is 0. The normalized spacial score (nSPS) is 12.7. The van der Waals surface area contributed by atoms with Crippen LogP contribution in [0.4, 0.5) is 0 Å². The van der Waals surface area contributed by atoms with Gasteiger partial charge in [0.2, 0.25) is 0 Å². The highest BCUT2D eigenvalue weighted by Gasteiger charge is 2.24. The number of hydrogen-bond donors (Lipinski definition) is 0. The summed E-state index contributed by atoms with van der Waals surface area (Å²) in [7, 11) is 0. The maximum Gasteiger partial charge on any atom is 0.0555 e. The number of hydrogen-bond acceptors (Lipinski definition) is 1. The summed E-state index contributed by atoms with van der Waals surface area (Å²) in [4.78, 5) is 0. The SMILES string of the molecule is c1ccc(-n2c3ccccc3c3c4sc5c6c(ccc5c4ccc32)Cc2ccccc2-6)cc1. The Morgan fingerprint density at radius 2 is 1.30 bits per heavy atom. The van der Waals surface area contributed by atoms with E-state index in [9.17, 15) is 0 Å². The van der Waals surface area contributed by atoms with Crippen molar-refractivity contribution in [2.45, 2.75) is 6.42 Å². The fourth-order valence-corrected chi connectivity index (χ4v) is 7.25. The lowest BCUT2D eigenvalue weighted by Crippen LogP contribution is -1.92. The lowest BCUT2D eigenvalue weighted by atomic mass is 10.0. The summed E-state index contributed by atoms with van der Waals surface area (Å²) in [6, 6.07) is 37.8. The Balaban J connectivity index is 1.56. The third-order valence-corrected chi connectivity index (χ3v) is 8.47. The van der Waals surface area contributed by atoms with E-state index >= 15 is 0 Å². The lowest BCUT2D eigenvalue weighted by molar-refractivity contribution is 1.18. The van der Waals surface area contributed by atoms with Crippen molar-refractivity contribution in [1.82, 2.24) is 4.57 Å². The average molecular weight is 438 g/mol. The molecule has 0 radical (unpaired) electrons. The van der Waals surface area contributed by atoms with E-state index in [-0.39, 0.29) is 0 Å². The summed E-state index contributed by atoms with van der Waals surface area (Å²) in [5.74, 6) is 0. The van der Waals surface area contributed by atoms with Gasteiger partial charge < -0.3 is 4.57 Å². The molecule has 8 rings (SSSR count). The highest BCUT2D eigenvalue weighted by atomic mass is 32.1. The van der Waals surface area contributed by atoms with E-state index in [1.165, 1.54) is 69.9 Å². The van der Waals surface area contributed by atoms with Crippen molar-refractivity contribution in [3.05, 3.63) is 114 Å². The van der Waals surface area contributed by atoms with Gasteiger partial charge in [0.15, 0.2) is 0 Å². The monoisotopic (exact) mass is 437 g/mol. The first-order valence-corrected chi connectivity index (χ1v) is 12.2. The van der Waals surface area contributed by atoms with Gasteiger partial charge in [0.1, 0.15) is 0 Å². The van der Waals surface area contributed by atoms with Crippen molar-refractivity contribution < 1.29 is 0 Å². The van der Waals surface area contributed by atoms with Gasteiger partial charge in [-0.05, 0) is 47.4 Å². The molecule has 2 heteroatoms. The molecule has 0 amide bonds. The zero-order valence-corrected chi connectivity index (χ0v) is 18.7. The van der Waals surface area contributed by atoms with Gasteiger partial charge >= 0.3 is 0 Å². The second kappa shape index (κ2) is 6.34. The predicted molar refractivity (Wildman–Crippen MR) is 142 cm³/mol. The van der Waals surface area contributed by atoms with Crippen LogP contribution in [0.3, 0.4) is 0 Å². The van der Waals surface area contributed by atoms with Crippen LogP contribution in [0.2, 0.25) is 0 Å². The molecular formula is C31H19NS. The fourth-order valence-electron chi connectivity index (χ4n) is 5.81. The highest BCUT2D eigenvalue weighted by molar-refractivity contribution is 7.27. The molecule has 33 heavy (non-hydrogen) atoms. The van der Waals surface area contributed by atoms with Gasteiger partial charge in [0.25, 0.3) is 0 Å². The first kappa shape index (κ1) is 17.6. The molecule has 7 aromatic rings. The van der Waals surface area contributed by atoms with Crippen LogP contribution in [0.25, 0.3) is 58.8 Å². The lowest BCUT2D eigenvalue weighted by Gasteiger charge is -2.07. The summed E-state index contributed by atoms with van der Waals surface area (Å²) < 4.78 is 5.23. The molecule has 1 aliphatic carbocycles. The maximum atomic E-state index is 2.41. The van der Waals surface area contributed by atoms with E-state index in [0.717, 1.165) is 6.42 Å². The Kier molecular flexibility index (Phi) is 3.39. The van der Waals surface area contributed by atoms with Gasteiger partial charge in [-0.3, -0.25) is 0 Å². The van der Waals surface area contributed by atoms with E-state index < -0.39 is 0 Å². The number of para-hydroxylation sites is 2. The Hall–Kier alpha value is -3.88. The van der Waals surface area contributed by atoms with Crippen molar-refractivity contribution in [3.8, 4) is 16.8 Å². The van der Waals surface area contributed by atoms with Crippen LogP contribution in [0.15, 0.2) is 103 Å². The molecule has 0 saturated heterocycles. The second-order valence-electron chi connectivity index (χ2n) is 8.94. The highest BCUT2D eigenvalue weighted by Crippen LogP contribution is 2.49. The number of aromatic nitrogens is 1.